The van der Waals surface area contributed by atoms with E-state index in [2.05, 4.69) is 15.3 Å². The molecule has 3 aromatic rings. The second-order valence-electron chi connectivity index (χ2n) is 5.80. The van der Waals surface area contributed by atoms with E-state index < -0.39 is 11.4 Å². The largest absolute Gasteiger partial charge is 0.432 e. The molecule has 0 spiro atoms. The second-order valence-corrected chi connectivity index (χ2v) is 6.24. The summed E-state index contributed by atoms with van der Waals surface area (Å²) in [6, 6.07) is 6.96. The maximum absolute atomic E-state index is 13.0. The quantitative estimate of drug-likeness (QED) is 0.711. The zero-order valence-electron chi connectivity index (χ0n) is 14.3. The van der Waals surface area contributed by atoms with Gasteiger partial charge in [-0.1, -0.05) is 30.7 Å². The van der Waals surface area contributed by atoms with Crippen LogP contribution in [0.4, 0.5) is 12.0 Å². The van der Waals surface area contributed by atoms with Crippen LogP contribution in [-0.2, 0) is 6.54 Å². The zero-order valence-corrected chi connectivity index (χ0v) is 15.1. The minimum absolute atomic E-state index is 0.0666. The molecular weight excluding hydrogens is 358 g/mol. The van der Waals surface area contributed by atoms with Gasteiger partial charge >= 0.3 is 17.4 Å². The lowest BCUT2D eigenvalue weighted by Gasteiger charge is -2.17. The molecule has 0 radical (unpaired) electrons. The molecule has 0 aliphatic heterocycles. The minimum atomic E-state index is -0.620. The van der Waals surface area contributed by atoms with Gasteiger partial charge < -0.3 is 4.42 Å². The Bertz CT molecular complexity index is 993. The molecule has 1 aromatic carbocycles. The van der Waals surface area contributed by atoms with E-state index in [0.717, 1.165) is 10.1 Å². The van der Waals surface area contributed by atoms with Crippen LogP contribution in [0.2, 0.25) is 5.02 Å². The van der Waals surface area contributed by atoms with Gasteiger partial charge in [0, 0.05) is 11.1 Å². The van der Waals surface area contributed by atoms with E-state index in [-0.39, 0.29) is 24.5 Å². The van der Waals surface area contributed by atoms with E-state index >= 15 is 0 Å². The Morgan fingerprint density at radius 2 is 2.00 bits per heavy atom. The number of anilines is 2. The van der Waals surface area contributed by atoms with Crippen molar-refractivity contribution in [3.63, 3.8) is 0 Å². The fraction of sp³-hybridized carbons (Fsp3) is 0.294. The average molecular weight is 376 g/mol. The van der Waals surface area contributed by atoms with Crippen molar-refractivity contribution in [2.45, 2.75) is 32.9 Å². The highest BCUT2D eigenvalue weighted by molar-refractivity contribution is 6.30. The molecule has 0 saturated heterocycles. The van der Waals surface area contributed by atoms with E-state index in [9.17, 15) is 9.59 Å². The van der Waals surface area contributed by atoms with Gasteiger partial charge in [0.2, 0.25) is 5.95 Å². The molecule has 1 N–H and O–H groups in total. The third-order valence-electron chi connectivity index (χ3n) is 4.04. The van der Waals surface area contributed by atoms with Crippen molar-refractivity contribution >= 4 is 23.6 Å². The van der Waals surface area contributed by atoms with E-state index in [0.29, 0.717) is 11.4 Å². The number of hydrogen-bond donors (Lipinski definition) is 1. The van der Waals surface area contributed by atoms with Crippen molar-refractivity contribution in [1.82, 2.24) is 19.1 Å². The summed E-state index contributed by atoms with van der Waals surface area (Å²) in [5.41, 5.74) is -0.239. The molecule has 3 rings (SSSR count). The lowest BCUT2D eigenvalue weighted by atomic mass is 10.2. The first-order chi connectivity index (χ1) is 12.5. The van der Waals surface area contributed by atoms with E-state index in [1.54, 1.807) is 19.1 Å². The number of nitrogens with one attached hydrogen (secondary N) is 1. The molecule has 0 bridgehead atoms. The van der Waals surface area contributed by atoms with Crippen LogP contribution in [0.1, 0.15) is 31.9 Å². The Morgan fingerprint density at radius 3 is 2.62 bits per heavy atom. The Hall–Kier alpha value is -2.87. The Kier molecular flexibility index (Phi) is 5.22. The van der Waals surface area contributed by atoms with Gasteiger partial charge in [0.25, 0.3) is 0 Å². The Labute approximate surface area is 154 Å². The number of nitrogens with zero attached hydrogens (tertiary/aromatic N) is 4. The van der Waals surface area contributed by atoms with Gasteiger partial charge in [-0.25, -0.2) is 19.1 Å². The van der Waals surface area contributed by atoms with Crippen LogP contribution in [0.3, 0.4) is 0 Å². The van der Waals surface area contributed by atoms with Gasteiger partial charge in [-0.3, -0.25) is 9.88 Å². The van der Waals surface area contributed by atoms with Crippen molar-refractivity contribution in [1.29, 1.82) is 0 Å². The Balaban J connectivity index is 2.11. The molecule has 0 saturated carbocycles. The van der Waals surface area contributed by atoms with Crippen molar-refractivity contribution in [3.8, 4) is 0 Å². The van der Waals surface area contributed by atoms with Gasteiger partial charge in [-0.15, -0.1) is 0 Å². The lowest BCUT2D eigenvalue weighted by Crippen LogP contribution is -2.44. The minimum Gasteiger partial charge on any atom is -0.432 e. The molecule has 136 valence electrons. The first-order valence-corrected chi connectivity index (χ1v) is 8.51. The van der Waals surface area contributed by atoms with Crippen LogP contribution in [0.5, 0.6) is 0 Å². The maximum Gasteiger partial charge on any atom is 0.355 e. The average Bonchev–Trinajstić information content (AvgIpc) is 3.12. The van der Waals surface area contributed by atoms with E-state index in [1.165, 1.54) is 17.0 Å². The Morgan fingerprint density at radius 1 is 1.27 bits per heavy atom. The highest BCUT2D eigenvalue weighted by Crippen LogP contribution is 2.14. The third kappa shape index (κ3) is 3.70. The molecule has 2 aromatic heterocycles. The standard InChI is InChI=1S/C17H18ClN5O3/c1-3-11(2)23-16(24)21-14(20-15-19-8-9-26-15)22(17(23)25)10-12-4-6-13(18)7-5-12/h4-9,11H,3,10H2,1-2H3,(H,19,20,21,24). The van der Waals surface area contributed by atoms with Gasteiger partial charge in [-0.05, 0) is 31.0 Å². The second kappa shape index (κ2) is 7.57. The van der Waals surface area contributed by atoms with Crippen molar-refractivity contribution in [3.05, 3.63) is 68.3 Å². The summed E-state index contributed by atoms with van der Waals surface area (Å²) in [6.07, 6.45) is 3.46. The number of benzene rings is 1. The van der Waals surface area contributed by atoms with Crippen LogP contribution < -0.4 is 16.7 Å². The molecule has 0 amide bonds. The number of aromatic nitrogens is 4. The third-order valence-corrected chi connectivity index (χ3v) is 4.29. The first kappa shape index (κ1) is 17.9. The predicted molar refractivity (Wildman–Crippen MR) is 98.1 cm³/mol. The summed E-state index contributed by atoms with van der Waals surface area (Å²) in [4.78, 5) is 33.3. The first-order valence-electron chi connectivity index (χ1n) is 8.14. The molecule has 0 aliphatic carbocycles. The SMILES string of the molecule is CCC(C)n1c(=O)nc(Nc2ncco2)n(Cc2ccc(Cl)cc2)c1=O. The molecule has 26 heavy (non-hydrogen) atoms. The topological polar surface area (TPSA) is 94.9 Å². The van der Waals surface area contributed by atoms with E-state index in [1.807, 2.05) is 19.1 Å². The number of oxazole rings is 1. The van der Waals surface area contributed by atoms with Gasteiger partial charge in [0.15, 0.2) is 0 Å². The molecule has 1 unspecified atom stereocenters. The molecular formula is C17H18ClN5O3. The van der Waals surface area contributed by atoms with Gasteiger partial charge in [0.1, 0.15) is 6.26 Å². The summed E-state index contributed by atoms with van der Waals surface area (Å²) in [5, 5.41) is 3.38. The van der Waals surface area contributed by atoms with Crippen molar-refractivity contribution in [2.24, 2.45) is 0 Å². The highest BCUT2D eigenvalue weighted by atomic mass is 35.5. The summed E-state index contributed by atoms with van der Waals surface area (Å²) in [6.45, 7) is 3.92. The molecule has 8 nitrogen and oxygen atoms in total. The van der Waals surface area contributed by atoms with Crippen LogP contribution in [0.25, 0.3) is 0 Å². The molecule has 9 heteroatoms. The normalized spacial score (nSPS) is 12.1. The molecule has 2 heterocycles. The molecule has 0 aliphatic rings. The van der Waals surface area contributed by atoms with Gasteiger partial charge in [0.05, 0.1) is 12.7 Å². The van der Waals surface area contributed by atoms with Crippen LogP contribution in [-0.4, -0.2) is 19.1 Å². The van der Waals surface area contributed by atoms with Crippen molar-refractivity contribution in [2.75, 3.05) is 5.32 Å². The maximum atomic E-state index is 13.0. The van der Waals surface area contributed by atoms with Crippen LogP contribution in [0, 0.1) is 0 Å². The lowest BCUT2D eigenvalue weighted by molar-refractivity contribution is 0.455. The monoisotopic (exact) mass is 375 g/mol. The smallest absolute Gasteiger partial charge is 0.355 e. The zero-order chi connectivity index (χ0) is 18.7. The van der Waals surface area contributed by atoms with E-state index in [4.69, 9.17) is 16.0 Å². The number of rotatable bonds is 6. The molecule has 1 atom stereocenters. The van der Waals surface area contributed by atoms with Crippen molar-refractivity contribution < 1.29 is 4.42 Å². The highest BCUT2D eigenvalue weighted by Gasteiger charge is 2.17. The number of halogens is 1. The molecule has 0 fully saturated rings. The number of hydrogen-bond acceptors (Lipinski definition) is 6. The fourth-order valence-corrected chi connectivity index (χ4v) is 2.58. The summed E-state index contributed by atoms with van der Waals surface area (Å²) >= 11 is 5.92. The van der Waals surface area contributed by atoms with Gasteiger partial charge in [-0.2, -0.15) is 4.98 Å². The summed E-state index contributed by atoms with van der Waals surface area (Å²) in [7, 11) is 0. The van der Waals surface area contributed by atoms with Crippen LogP contribution in [0.15, 0.2) is 50.7 Å². The fourth-order valence-electron chi connectivity index (χ4n) is 2.46. The summed E-state index contributed by atoms with van der Waals surface area (Å²) in [5.74, 6) is 0.0666. The predicted octanol–water partition coefficient (Wildman–Crippen LogP) is 2.81. The van der Waals surface area contributed by atoms with Crippen LogP contribution >= 0.6 is 11.6 Å². The summed E-state index contributed by atoms with van der Waals surface area (Å²) < 4.78 is 7.66.